The van der Waals surface area contributed by atoms with Crippen LogP contribution in [0.3, 0.4) is 0 Å². The van der Waals surface area contributed by atoms with E-state index in [1.54, 1.807) is 7.11 Å². The molecular weight excluding hydrogens is 230 g/mol. The maximum atomic E-state index is 11.2. The highest BCUT2D eigenvalue weighted by molar-refractivity contribution is 5.69. The predicted octanol–water partition coefficient (Wildman–Crippen LogP) is 2.38. The molecule has 4 heteroatoms. The van der Waals surface area contributed by atoms with E-state index in [0.29, 0.717) is 6.04 Å². The van der Waals surface area contributed by atoms with Crippen molar-refractivity contribution in [2.24, 2.45) is 5.92 Å². The molecular formula is C14H27NO3. The molecule has 0 aromatic carbocycles. The Labute approximate surface area is 110 Å². The number of nitrogens with zero attached hydrogens (tertiary/aromatic N) is 1. The second-order valence-electron chi connectivity index (χ2n) is 5.25. The third-order valence-corrected chi connectivity index (χ3v) is 3.88. The fourth-order valence-electron chi connectivity index (χ4n) is 2.73. The third kappa shape index (κ3) is 4.94. The molecule has 0 spiro atoms. The van der Waals surface area contributed by atoms with Crippen molar-refractivity contribution in [3.05, 3.63) is 0 Å². The highest BCUT2D eigenvalue weighted by atomic mass is 16.5. The van der Waals surface area contributed by atoms with Crippen LogP contribution in [-0.2, 0) is 9.53 Å². The van der Waals surface area contributed by atoms with Crippen LogP contribution in [0.4, 0.5) is 0 Å². The molecule has 0 bridgehead atoms. The van der Waals surface area contributed by atoms with E-state index in [2.05, 4.69) is 11.8 Å². The van der Waals surface area contributed by atoms with Crippen molar-refractivity contribution in [1.82, 2.24) is 4.90 Å². The molecule has 0 radical (unpaired) electrons. The van der Waals surface area contributed by atoms with E-state index in [1.807, 2.05) is 0 Å². The Kier molecular flexibility index (Phi) is 7.28. The summed E-state index contributed by atoms with van der Waals surface area (Å²) in [5.41, 5.74) is 0. The molecule has 2 atom stereocenters. The van der Waals surface area contributed by atoms with Gasteiger partial charge in [0.25, 0.3) is 0 Å². The van der Waals surface area contributed by atoms with Gasteiger partial charge in [-0.2, -0.15) is 0 Å². The summed E-state index contributed by atoms with van der Waals surface area (Å²) >= 11 is 0. The number of rotatable bonds is 9. The molecule has 1 rings (SSSR count). The van der Waals surface area contributed by atoms with Gasteiger partial charge in [-0.15, -0.1) is 0 Å². The number of likely N-dealkylation sites (tertiary alicyclic amines) is 1. The fourth-order valence-corrected chi connectivity index (χ4v) is 2.73. The number of methoxy groups -OCH3 is 1. The third-order valence-electron chi connectivity index (χ3n) is 3.88. The lowest BCUT2D eigenvalue weighted by Gasteiger charge is -2.25. The quantitative estimate of drug-likeness (QED) is 0.689. The van der Waals surface area contributed by atoms with Crippen molar-refractivity contribution >= 4 is 5.97 Å². The van der Waals surface area contributed by atoms with Crippen LogP contribution in [0, 0.1) is 5.92 Å². The largest absolute Gasteiger partial charge is 0.481 e. The van der Waals surface area contributed by atoms with E-state index < -0.39 is 5.97 Å². The zero-order chi connectivity index (χ0) is 13.4. The van der Waals surface area contributed by atoms with Crippen molar-refractivity contribution in [3.8, 4) is 0 Å². The van der Waals surface area contributed by atoms with Crippen LogP contribution in [0.25, 0.3) is 0 Å². The average molecular weight is 257 g/mol. The Hall–Kier alpha value is -0.610. The molecule has 1 fully saturated rings. The Morgan fingerprint density at radius 2 is 2.28 bits per heavy atom. The minimum absolute atomic E-state index is 0.172. The normalized spacial score (nSPS) is 22.2. The van der Waals surface area contributed by atoms with Crippen molar-refractivity contribution < 1.29 is 14.6 Å². The maximum absolute atomic E-state index is 11.2. The molecule has 0 aromatic heterocycles. The van der Waals surface area contributed by atoms with Gasteiger partial charge >= 0.3 is 5.97 Å². The number of carboxylic acid groups (broad SMARTS) is 1. The number of ether oxygens (including phenoxy) is 1. The summed E-state index contributed by atoms with van der Waals surface area (Å²) in [6, 6.07) is 0.496. The first-order valence-electron chi connectivity index (χ1n) is 7.14. The van der Waals surface area contributed by atoms with Crippen molar-refractivity contribution in [3.63, 3.8) is 0 Å². The van der Waals surface area contributed by atoms with Crippen LogP contribution < -0.4 is 0 Å². The summed E-state index contributed by atoms with van der Waals surface area (Å²) in [5.74, 6) is -0.806. The van der Waals surface area contributed by atoms with Gasteiger partial charge in [0, 0.05) is 13.2 Å². The molecule has 0 aliphatic carbocycles. The summed E-state index contributed by atoms with van der Waals surface area (Å²) < 4.78 is 5.22. The molecule has 1 unspecified atom stereocenters. The Morgan fingerprint density at radius 1 is 1.50 bits per heavy atom. The lowest BCUT2D eigenvalue weighted by atomic mass is 9.98. The van der Waals surface area contributed by atoms with E-state index in [0.717, 1.165) is 45.4 Å². The first kappa shape index (κ1) is 15.4. The Morgan fingerprint density at radius 3 is 2.89 bits per heavy atom. The lowest BCUT2D eigenvalue weighted by molar-refractivity contribution is -0.142. The summed E-state index contributed by atoms with van der Waals surface area (Å²) in [5, 5.41) is 9.20. The van der Waals surface area contributed by atoms with E-state index >= 15 is 0 Å². The van der Waals surface area contributed by atoms with E-state index in [-0.39, 0.29) is 5.92 Å². The molecule has 1 saturated heterocycles. The van der Waals surface area contributed by atoms with E-state index in [9.17, 15) is 9.90 Å². The Balaban J connectivity index is 2.34. The monoisotopic (exact) mass is 257 g/mol. The van der Waals surface area contributed by atoms with Gasteiger partial charge in [-0.25, -0.2) is 0 Å². The number of carboxylic acids is 1. The van der Waals surface area contributed by atoms with Crippen LogP contribution in [-0.4, -0.2) is 48.8 Å². The van der Waals surface area contributed by atoms with Crippen LogP contribution in [0.5, 0.6) is 0 Å². The zero-order valence-corrected chi connectivity index (χ0v) is 11.7. The summed E-state index contributed by atoms with van der Waals surface area (Å²) in [6.45, 7) is 4.86. The summed E-state index contributed by atoms with van der Waals surface area (Å²) in [7, 11) is 1.73. The summed E-state index contributed by atoms with van der Waals surface area (Å²) in [6.07, 6.45) is 6.06. The minimum atomic E-state index is -0.633. The van der Waals surface area contributed by atoms with Gasteiger partial charge in [0.15, 0.2) is 0 Å². The zero-order valence-electron chi connectivity index (χ0n) is 11.7. The van der Waals surface area contributed by atoms with Gasteiger partial charge in [0.1, 0.15) is 0 Å². The number of hydrogen-bond acceptors (Lipinski definition) is 3. The molecule has 1 aliphatic heterocycles. The van der Waals surface area contributed by atoms with Gasteiger partial charge in [0.2, 0.25) is 0 Å². The lowest BCUT2D eigenvalue weighted by Crippen LogP contribution is -2.35. The van der Waals surface area contributed by atoms with E-state index in [4.69, 9.17) is 4.74 Å². The first-order chi connectivity index (χ1) is 8.69. The van der Waals surface area contributed by atoms with Gasteiger partial charge in [-0.1, -0.05) is 19.8 Å². The first-order valence-corrected chi connectivity index (χ1v) is 7.14. The van der Waals surface area contributed by atoms with Crippen molar-refractivity contribution in [2.45, 2.75) is 51.5 Å². The topological polar surface area (TPSA) is 49.8 Å². The second-order valence-corrected chi connectivity index (χ2v) is 5.25. The molecule has 4 nitrogen and oxygen atoms in total. The average Bonchev–Trinajstić information content (AvgIpc) is 2.77. The van der Waals surface area contributed by atoms with Crippen LogP contribution in [0.1, 0.15) is 45.4 Å². The van der Waals surface area contributed by atoms with Gasteiger partial charge in [-0.05, 0) is 38.8 Å². The van der Waals surface area contributed by atoms with Gasteiger partial charge < -0.3 is 9.84 Å². The molecule has 106 valence electrons. The standard InChI is InChI=1S/C14H27NO3/c1-3-4-6-12(14(16)17)8-10-15-9-5-7-13(15)11-18-2/h12-13H,3-11H2,1-2H3,(H,16,17)/t12?,13-/m0/s1. The van der Waals surface area contributed by atoms with Crippen LogP contribution in [0.2, 0.25) is 0 Å². The summed E-state index contributed by atoms with van der Waals surface area (Å²) in [4.78, 5) is 13.6. The fraction of sp³-hybridized carbons (Fsp3) is 0.929. The SMILES string of the molecule is CCCCC(CCN1CCC[C@H]1COC)C(=O)O. The van der Waals surface area contributed by atoms with Crippen LogP contribution >= 0.6 is 0 Å². The van der Waals surface area contributed by atoms with Crippen molar-refractivity contribution in [2.75, 3.05) is 26.8 Å². The molecule has 1 heterocycles. The number of carbonyl (C=O) groups is 1. The smallest absolute Gasteiger partial charge is 0.306 e. The second kappa shape index (κ2) is 8.48. The molecule has 0 aromatic rings. The number of unbranched alkanes of at least 4 members (excludes halogenated alkanes) is 1. The van der Waals surface area contributed by atoms with Crippen LogP contribution in [0.15, 0.2) is 0 Å². The highest BCUT2D eigenvalue weighted by Gasteiger charge is 2.26. The predicted molar refractivity (Wildman–Crippen MR) is 71.7 cm³/mol. The maximum Gasteiger partial charge on any atom is 0.306 e. The molecule has 0 amide bonds. The highest BCUT2D eigenvalue weighted by Crippen LogP contribution is 2.20. The number of hydrogen-bond donors (Lipinski definition) is 1. The molecule has 1 N–H and O–H groups in total. The van der Waals surface area contributed by atoms with Gasteiger partial charge in [0.05, 0.1) is 12.5 Å². The van der Waals surface area contributed by atoms with E-state index in [1.165, 1.54) is 12.8 Å². The Bertz CT molecular complexity index is 245. The van der Waals surface area contributed by atoms with Gasteiger partial charge in [-0.3, -0.25) is 9.69 Å². The minimum Gasteiger partial charge on any atom is -0.481 e. The molecule has 0 saturated carbocycles. The van der Waals surface area contributed by atoms with Crippen molar-refractivity contribution in [1.29, 1.82) is 0 Å². The number of aliphatic carboxylic acids is 1. The molecule has 1 aliphatic rings. The molecule has 18 heavy (non-hydrogen) atoms.